The van der Waals surface area contributed by atoms with E-state index in [0.717, 1.165) is 42.0 Å². The van der Waals surface area contributed by atoms with Gasteiger partial charge < -0.3 is 70.4 Å². The average molecular weight is 1880 g/mol. The Labute approximate surface area is 919 Å². The van der Waals surface area contributed by atoms with Gasteiger partial charge in [-0.05, 0) is 263 Å². The molecule has 14 aromatic carbocycles. The molecule has 0 saturated carbocycles. The van der Waals surface area contributed by atoms with Gasteiger partial charge in [0.05, 0.1) is 50.7 Å². The maximum absolute atomic E-state index is 8.90. The first-order valence-electron chi connectivity index (χ1n) is 82.7. The quantitative estimate of drug-likeness (QED) is 0.0195. The second kappa shape index (κ2) is 63.5. The van der Waals surface area contributed by atoms with Crippen molar-refractivity contribution in [3.63, 3.8) is 0 Å². The molecule has 14 heteroatoms. The van der Waals surface area contributed by atoms with Gasteiger partial charge in [-0.3, -0.25) is 0 Å². The summed E-state index contributed by atoms with van der Waals surface area (Å²) in [6.07, 6.45) is -29.9. The molecule has 14 aromatic rings. The van der Waals surface area contributed by atoms with Gasteiger partial charge in [-0.1, -0.05) is 339 Å². The highest BCUT2D eigenvalue weighted by molar-refractivity contribution is 5.40. The Bertz CT molecular complexity index is 9670. The summed E-state index contributed by atoms with van der Waals surface area (Å²) in [4.78, 5) is 0. The highest BCUT2D eigenvalue weighted by Gasteiger charge is 2.21. The fourth-order valence-corrected chi connectivity index (χ4v) is 10.2. The van der Waals surface area contributed by atoms with E-state index in [-0.39, 0.29) is 77.2 Å². The Morgan fingerprint density at radius 3 is 0.925 bits per heavy atom. The molecule has 14 nitrogen and oxygen atoms in total. The van der Waals surface area contributed by atoms with E-state index >= 15 is 0 Å². The van der Waals surface area contributed by atoms with E-state index in [2.05, 4.69) is 16.0 Å². The SMILES string of the molecule is [2H]c1c([2H])c([2H])c(C(Oc2ccccc2C([2H])([2H])[2H])C([2H])([2H])C([2H])([2H])NC([2H])([2H])[2H])c([2H])c1[2H].[2H]c1c([2H])c([2H])c(C([2H])(CC([2H])([2H])NC([2H])([2H])[2H])Oc2ccccc2C([2H])([2H])[2H])c([2H])c1[2H].[2H]c1c([2H])c([2H])c(C([2H])(CCNC([2H])([2H])[2H])Oc2ccccc2C([2H])([2H])[2H])c([2H])c1[2H].[2H]c1c([2H])c([2H])c(C([2H])(Oc2ccccc2C([2H])([2H])[2H])C([2H])([2H])C([2H])([2H])NC([2H])([2H])[2H])c([2H])c1[2H].[2H]c1c([2H])c([2H])c(C([2H])(Oc2ccccc2C([2H])([2H])[2H])C([2H])([2H])CNC([2H])([2H])[2H])c([2H])c1[2H].[2H]c1c([2H])c([2H])c(OC(CCNC([2H])([2H])[2H])c2ccccc2)c(C)c1[2H].[2H]c1c([2H])c([2H])c(OC(c2ccccc2)C([2H])([2H])CNC([2H])([2H])[2H])c(C)c1[2H]. The van der Waals surface area contributed by atoms with Crippen LogP contribution in [0.4, 0.5) is 0 Å². The molecule has 0 spiro atoms. The predicted molar refractivity (Wildman–Crippen MR) is 557 cm³/mol. The van der Waals surface area contributed by atoms with Gasteiger partial charge in [0, 0.05) is 113 Å². The van der Waals surface area contributed by atoms with Crippen LogP contribution in [0.25, 0.3) is 0 Å². The third kappa shape index (κ3) is 39.4. The normalized spacial score (nSPS) is 24.4. The van der Waals surface area contributed by atoms with Crippen molar-refractivity contribution in [1.29, 1.82) is 0 Å². The Morgan fingerprint density at radius 1 is 0.226 bits per heavy atom. The van der Waals surface area contributed by atoms with Crippen molar-refractivity contribution in [2.45, 2.75) is 135 Å². The first-order valence-corrected chi connectivity index (χ1v) is 39.2. The predicted octanol–water partition coefficient (Wildman–Crippen LogP) is 26.1. The number of nitrogens with one attached hydrogen (secondary N) is 7. The highest BCUT2D eigenvalue weighted by atomic mass is 16.5. The molecule has 0 heterocycles. The summed E-state index contributed by atoms with van der Waals surface area (Å²) in [6.45, 7) is -41.9. The zero-order valence-electron chi connectivity index (χ0n) is 158. The molecule has 0 aromatic heterocycles. The minimum Gasteiger partial charge on any atom is -0.485 e. The van der Waals surface area contributed by atoms with Gasteiger partial charge in [-0.15, -0.1) is 0 Å². The minimum absolute atomic E-state index is 0.0822. The molecule has 7 N–H and O–H groups in total. The maximum atomic E-state index is 8.90. The van der Waals surface area contributed by atoms with Gasteiger partial charge in [-0.2, -0.15) is 0 Å². The molecule has 0 amide bonds. The highest BCUT2D eigenvalue weighted by Crippen LogP contribution is 2.35. The molecule has 0 aliphatic heterocycles. The Hall–Kier alpha value is -12.6. The number of ether oxygens (including phenoxy) is 7. The summed E-state index contributed by atoms with van der Waals surface area (Å²) >= 11 is 0. The lowest BCUT2D eigenvalue weighted by Crippen LogP contribution is -2.16. The van der Waals surface area contributed by atoms with Crippen LogP contribution >= 0.6 is 0 Å². The Morgan fingerprint density at radius 2 is 0.511 bits per heavy atom. The molecular weight excluding hydrogens is 1640 g/mol. The zero-order chi connectivity index (χ0) is 169. The van der Waals surface area contributed by atoms with Crippen LogP contribution in [-0.4, -0.2) is 94.5 Å². The summed E-state index contributed by atoms with van der Waals surface area (Å²) in [5.41, 5.74) is -4.46. The van der Waals surface area contributed by atoms with Crippen molar-refractivity contribution in [3.8, 4) is 40.2 Å². The number of benzene rings is 14. The summed E-state index contributed by atoms with van der Waals surface area (Å²) in [5, 5.41) is 13.3. The lowest BCUT2D eigenvalue weighted by Gasteiger charge is -2.20. The number of aryl methyl sites for hydroxylation is 5. The van der Waals surface area contributed by atoms with E-state index in [4.69, 9.17) is 152 Å². The summed E-state index contributed by atoms with van der Waals surface area (Å²) < 4.78 is 721. The molecule has 0 aliphatic rings. The van der Waals surface area contributed by atoms with Crippen molar-refractivity contribution >= 4 is 0 Å². The van der Waals surface area contributed by atoms with Crippen LogP contribution < -0.4 is 70.4 Å². The fourth-order valence-electron chi connectivity index (χ4n) is 10.2. The van der Waals surface area contributed by atoms with Crippen molar-refractivity contribution in [1.82, 2.24) is 37.2 Å². The van der Waals surface area contributed by atoms with Gasteiger partial charge in [0.15, 0.2) is 0 Å². The molecule has 0 radical (unpaired) electrons. The van der Waals surface area contributed by atoms with Gasteiger partial charge >= 0.3 is 0 Å². The number of hydrogen-bond acceptors (Lipinski definition) is 14. The smallest absolute Gasteiger partial charge is 0.125 e. The molecule has 133 heavy (non-hydrogen) atoms. The van der Waals surface area contributed by atoms with Gasteiger partial charge in [0.25, 0.3) is 0 Å². The zero-order valence-corrected chi connectivity index (χ0v) is 70.9. The first-order chi connectivity index (χ1) is 99.5. The molecular formula is C119H147N7O7. The average Bonchev–Trinajstić information content (AvgIpc) is 0.708. The number of para-hydroxylation sites is 7. The second-order valence-electron chi connectivity index (χ2n) is 25.5. The van der Waals surface area contributed by atoms with Crippen LogP contribution in [-0.2, 0) is 0 Å². The number of rotatable bonds is 42. The lowest BCUT2D eigenvalue weighted by molar-refractivity contribution is 0.193. The van der Waals surface area contributed by atoms with Crippen molar-refractivity contribution in [2.24, 2.45) is 0 Å². The van der Waals surface area contributed by atoms with Gasteiger partial charge in [-0.25, -0.2) is 0 Å². The first kappa shape index (κ1) is 37.3. The van der Waals surface area contributed by atoms with E-state index in [1.54, 1.807) is 42.6 Å². The van der Waals surface area contributed by atoms with Crippen LogP contribution in [0.3, 0.4) is 0 Å². The molecule has 700 valence electrons. The molecule has 0 saturated heterocycles. The van der Waals surface area contributed by atoms with Crippen LogP contribution in [0.15, 0.2) is 381 Å². The molecule has 7 atom stereocenters. The molecule has 0 bridgehead atoms. The second-order valence-corrected chi connectivity index (χ2v) is 25.5. The van der Waals surface area contributed by atoms with E-state index in [1.807, 2.05) is 35.6 Å². The molecule has 0 aliphatic carbocycles. The lowest BCUT2D eigenvalue weighted by atomic mass is 10.1. The topological polar surface area (TPSA) is 149 Å². The third-order valence-corrected chi connectivity index (χ3v) is 16.4. The van der Waals surface area contributed by atoms with Crippen LogP contribution in [0, 0.1) is 48.1 Å². The van der Waals surface area contributed by atoms with Crippen molar-refractivity contribution in [3.05, 3.63) is 459 Å². The van der Waals surface area contributed by atoms with Crippen molar-refractivity contribution < 1.29 is 152 Å². The molecule has 7 unspecified atom stereocenters. The van der Waals surface area contributed by atoms with Gasteiger partial charge in [0.2, 0.25) is 0 Å². The monoisotopic (exact) mass is 1870 g/mol. The largest absolute Gasteiger partial charge is 0.485 e. The van der Waals surface area contributed by atoms with Crippen LogP contribution in [0.5, 0.6) is 40.2 Å². The molecule has 0 fully saturated rings. The fraction of sp³-hybridized carbons (Fsp3) is 0.294. The standard InChI is InChI=1S/7C17H21NO/c7*1-14-8-6-7-11-16(14)19-17(12-13-18-2)15-9-4-3-5-10-15/h7*3-11,17-18H,12-13H2,1-2H3/i1D3,2D3,3D,4D,5D,9D,10D,12D2,13D2,17D;1D3,2D3,3D,4D,5D,9D,10D,13D2,17D;1D3,2D3,3D,4D,5D,9D,10D,12D2,17D;1D3,2D3,3D,4D,5D,9D,10D,12D2,13D2;1D3,2D3,3D,4D,5D,9D,10D,17D;2D3,6D,7D,8D,11D,12D2;2D3,6D,7D,8D,11D. The van der Waals surface area contributed by atoms with E-state index in [1.165, 1.54) is 102 Å². The van der Waals surface area contributed by atoms with Crippen LogP contribution in [0.1, 0.15) is 285 Å². The summed E-state index contributed by atoms with van der Waals surface area (Å²) in [6, 6.07) is 18.6. The van der Waals surface area contributed by atoms with E-state index < -0.39 is 433 Å². The van der Waals surface area contributed by atoms with E-state index in [9.17, 15) is 0 Å². The van der Waals surface area contributed by atoms with E-state index in [0.29, 0.717) is 17.5 Å². The summed E-state index contributed by atoms with van der Waals surface area (Å²) in [7, 11) is 0. The summed E-state index contributed by atoms with van der Waals surface area (Å²) in [5.74, 6) is -2.36. The Balaban J connectivity index is 0.000000304. The van der Waals surface area contributed by atoms with Crippen LogP contribution in [0.2, 0.25) is 0 Å². The number of hydrogen-bond donors (Lipinski definition) is 7. The van der Waals surface area contributed by atoms with Crippen molar-refractivity contribution in [2.75, 3.05) is 94.5 Å². The maximum Gasteiger partial charge on any atom is 0.125 e. The Kier molecular flexibility index (Phi) is 17.8. The minimum atomic E-state index is -3.80. The molecule has 14 rings (SSSR count). The van der Waals surface area contributed by atoms with Gasteiger partial charge in [0.1, 0.15) is 82.9 Å². The third-order valence-electron chi connectivity index (χ3n) is 16.4.